The number of para-hydroxylation sites is 2. The number of rotatable bonds is 6. The predicted molar refractivity (Wildman–Crippen MR) is 151 cm³/mol. The standard InChI is InChI=1S/C30H23N3O6S/c1-3-38-30(36)26-21-16-40-28(25(21)29(35)33(32-26)17-9-8-10-18(15-17)37-2)31-27(34)24-19-11-4-6-13-22(19)39-23-14-7-5-12-20(23)24/h4-16,24H,3H2,1-2H3,(H,31,34). The molecule has 0 saturated carbocycles. The van der Waals surface area contributed by atoms with Gasteiger partial charge in [-0.25, -0.2) is 4.79 Å². The number of methoxy groups -OCH3 is 1. The summed E-state index contributed by atoms with van der Waals surface area (Å²) in [6, 6.07) is 21.5. The number of benzene rings is 3. The first kappa shape index (κ1) is 25.3. The number of anilines is 1. The Balaban J connectivity index is 1.49. The summed E-state index contributed by atoms with van der Waals surface area (Å²) in [5.74, 6) is 0.00367. The zero-order chi connectivity index (χ0) is 27.8. The zero-order valence-corrected chi connectivity index (χ0v) is 22.4. The molecule has 0 fully saturated rings. The lowest BCUT2D eigenvalue weighted by Gasteiger charge is -2.27. The van der Waals surface area contributed by atoms with Crippen LogP contribution in [0.2, 0.25) is 0 Å². The third-order valence-electron chi connectivity index (χ3n) is 6.60. The highest BCUT2D eigenvalue weighted by Crippen LogP contribution is 2.44. The van der Waals surface area contributed by atoms with E-state index in [1.165, 1.54) is 7.11 Å². The van der Waals surface area contributed by atoms with Crippen molar-refractivity contribution in [1.82, 2.24) is 9.78 Å². The first-order valence-electron chi connectivity index (χ1n) is 12.5. The predicted octanol–water partition coefficient (Wildman–Crippen LogP) is 5.51. The molecule has 0 aliphatic carbocycles. The number of nitrogens with zero attached hydrogens (tertiary/aromatic N) is 2. The van der Waals surface area contributed by atoms with Gasteiger partial charge in [0.05, 0.1) is 30.7 Å². The lowest BCUT2D eigenvalue weighted by molar-refractivity contribution is -0.116. The minimum Gasteiger partial charge on any atom is -0.497 e. The summed E-state index contributed by atoms with van der Waals surface area (Å²) in [7, 11) is 1.52. The van der Waals surface area contributed by atoms with E-state index < -0.39 is 17.4 Å². The van der Waals surface area contributed by atoms with Crippen LogP contribution in [0.25, 0.3) is 16.5 Å². The monoisotopic (exact) mass is 553 g/mol. The molecular weight excluding hydrogens is 530 g/mol. The van der Waals surface area contributed by atoms with Crippen molar-refractivity contribution in [2.24, 2.45) is 0 Å². The van der Waals surface area contributed by atoms with E-state index in [9.17, 15) is 14.4 Å². The van der Waals surface area contributed by atoms with E-state index in [0.29, 0.717) is 44.5 Å². The van der Waals surface area contributed by atoms with Crippen LogP contribution >= 0.6 is 11.3 Å². The molecule has 1 amide bonds. The van der Waals surface area contributed by atoms with Crippen LogP contribution in [0.15, 0.2) is 83.0 Å². The van der Waals surface area contributed by atoms with Crippen LogP contribution in [0.5, 0.6) is 17.2 Å². The Bertz CT molecular complexity index is 1800. The third-order valence-corrected chi connectivity index (χ3v) is 7.49. The van der Waals surface area contributed by atoms with Crippen LogP contribution in [-0.4, -0.2) is 35.4 Å². The lowest BCUT2D eigenvalue weighted by atomic mass is 9.87. The Morgan fingerprint density at radius 3 is 2.40 bits per heavy atom. The summed E-state index contributed by atoms with van der Waals surface area (Å²) in [6.07, 6.45) is 0. The van der Waals surface area contributed by atoms with Crippen LogP contribution in [-0.2, 0) is 9.53 Å². The largest absolute Gasteiger partial charge is 0.497 e. The van der Waals surface area contributed by atoms with Gasteiger partial charge in [-0.1, -0.05) is 42.5 Å². The number of nitrogens with one attached hydrogen (secondary N) is 1. The third kappa shape index (κ3) is 4.28. The second-order valence-electron chi connectivity index (χ2n) is 8.94. The maximum absolute atomic E-state index is 13.9. The van der Waals surface area contributed by atoms with E-state index in [0.717, 1.165) is 16.0 Å². The van der Waals surface area contributed by atoms with Gasteiger partial charge >= 0.3 is 5.97 Å². The van der Waals surface area contributed by atoms with Gasteiger partial charge in [0.1, 0.15) is 22.2 Å². The molecule has 0 unspecified atom stereocenters. The van der Waals surface area contributed by atoms with Gasteiger partial charge in [0.15, 0.2) is 5.69 Å². The summed E-state index contributed by atoms with van der Waals surface area (Å²) >= 11 is 1.14. The Labute approximate surface area is 232 Å². The highest BCUT2D eigenvalue weighted by Gasteiger charge is 2.33. The number of ether oxygens (including phenoxy) is 3. The molecule has 200 valence electrons. The van der Waals surface area contributed by atoms with Crippen molar-refractivity contribution in [3.8, 4) is 22.9 Å². The molecule has 9 nitrogen and oxygen atoms in total. The van der Waals surface area contributed by atoms with Crippen molar-refractivity contribution in [1.29, 1.82) is 0 Å². The van der Waals surface area contributed by atoms with Gasteiger partial charge in [-0.2, -0.15) is 9.78 Å². The van der Waals surface area contributed by atoms with E-state index in [2.05, 4.69) is 10.4 Å². The highest BCUT2D eigenvalue weighted by atomic mass is 32.1. The number of hydrogen-bond acceptors (Lipinski definition) is 8. The van der Waals surface area contributed by atoms with Gasteiger partial charge in [0, 0.05) is 28.0 Å². The van der Waals surface area contributed by atoms with Gasteiger partial charge in [-0.3, -0.25) is 9.59 Å². The molecule has 0 bridgehead atoms. The second kappa shape index (κ2) is 10.3. The quantitative estimate of drug-likeness (QED) is 0.276. The van der Waals surface area contributed by atoms with Crippen LogP contribution < -0.4 is 20.3 Å². The molecule has 3 heterocycles. The summed E-state index contributed by atoms with van der Waals surface area (Å²) in [5.41, 5.74) is 1.29. The maximum atomic E-state index is 13.9. The Kier molecular flexibility index (Phi) is 6.53. The number of thiophene rings is 1. The highest BCUT2D eigenvalue weighted by molar-refractivity contribution is 7.16. The number of aromatic nitrogens is 2. The molecule has 0 spiro atoms. The van der Waals surface area contributed by atoms with Gasteiger partial charge in [-0.15, -0.1) is 11.3 Å². The van der Waals surface area contributed by atoms with Crippen molar-refractivity contribution >= 4 is 39.0 Å². The molecule has 1 N–H and O–H groups in total. The number of carbonyl (C=O) groups excluding carboxylic acids is 2. The average molecular weight is 554 g/mol. The molecule has 0 saturated heterocycles. The number of amides is 1. The average Bonchev–Trinajstić information content (AvgIpc) is 3.40. The van der Waals surface area contributed by atoms with E-state index in [4.69, 9.17) is 14.2 Å². The zero-order valence-electron chi connectivity index (χ0n) is 21.5. The minimum atomic E-state index is -0.676. The summed E-state index contributed by atoms with van der Waals surface area (Å²) in [5, 5.41) is 9.72. The number of carbonyl (C=O) groups is 2. The van der Waals surface area contributed by atoms with E-state index in [1.807, 2.05) is 48.5 Å². The van der Waals surface area contributed by atoms with Crippen LogP contribution in [0, 0.1) is 0 Å². The van der Waals surface area contributed by atoms with E-state index in [1.54, 1.807) is 36.6 Å². The van der Waals surface area contributed by atoms with E-state index in [-0.39, 0.29) is 23.6 Å². The summed E-state index contributed by atoms with van der Waals surface area (Å²) in [6.45, 7) is 1.83. The van der Waals surface area contributed by atoms with Gasteiger partial charge in [0.2, 0.25) is 5.91 Å². The molecule has 0 radical (unpaired) electrons. The number of fused-ring (bicyclic) bond motifs is 3. The molecule has 2 aromatic heterocycles. The molecule has 3 aromatic carbocycles. The fourth-order valence-electron chi connectivity index (χ4n) is 4.79. The first-order chi connectivity index (χ1) is 19.5. The van der Waals surface area contributed by atoms with Gasteiger partial charge in [-0.05, 0) is 31.2 Å². The minimum absolute atomic E-state index is 0.0298. The van der Waals surface area contributed by atoms with Crippen LogP contribution in [0.4, 0.5) is 5.00 Å². The summed E-state index contributed by atoms with van der Waals surface area (Å²) < 4.78 is 17.7. The number of esters is 1. The molecular formula is C30H23N3O6S. The smallest absolute Gasteiger partial charge is 0.359 e. The van der Waals surface area contributed by atoms with Gasteiger partial charge < -0.3 is 19.5 Å². The van der Waals surface area contributed by atoms with Crippen LogP contribution in [0.1, 0.15) is 34.5 Å². The molecule has 10 heteroatoms. The Morgan fingerprint density at radius 1 is 1.02 bits per heavy atom. The summed E-state index contributed by atoms with van der Waals surface area (Å²) in [4.78, 5) is 40.7. The van der Waals surface area contributed by atoms with Crippen molar-refractivity contribution < 1.29 is 23.8 Å². The Hall–Kier alpha value is -4.96. The molecule has 1 aliphatic rings. The first-order valence-corrected chi connectivity index (χ1v) is 13.4. The normalized spacial score (nSPS) is 12.2. The SMILES string of the molecule is CCOC(=O)c1nn(-c2cccc(OC)c2)c(=O)c2c(NC(=O)C3c4ccccc4Oc4ccccc43)scc12. The van der Waals surface area contributed by atoms with Crippen molar-refractivity contribution in [3.05, 3.63) is 105 Å². The van der Waals surface area contributed by atoms with E-state index >= 15 is 0 Å². The second-order valence-corrected chi connectivity index (χ2v) is 9.82. The molecule has 1 aliphatic heterocycles. The fourth-order valence-corrected chi connectivity index (χ4v) is 5.73. The van der Waals surface area contributed by atoms with Crippen molar-refractivity contribution in [2.45, 2.75) is 12.8 Å². The maximum Gasteiger partial charge on any atom is 0.359 e. The molecule has 5 aromatic rings. The van der Waals surface area contributed by atoms with Crippen molar-refractivity contribution in [3.63, 3.8) is 0 Å². The van der Waals surface area contributed by atoms with Crippen LogP contribution in [0.3, 0.4) is 0 Å². The Morgan fingerprint density at radius 2 is 1.73 bits per heavy atom. The molecule has 40 heavy (non-hydrogen) atoms. The lowest BCUT2D eigenvalue weighted by Crippen LogP contribution is -2.27. The fraction of sp³-hybridized carbons (Fsp3) is 0.133. The molecule has 0 atom stereocenters. The topological polar surface area (TPSA) is 109 Å². The van der Waals surface area contributed by atoms with Gasteiger partial charge in [0.25, 0.3) is 5.56 Å². The van der Waals surface area contributed by atoms with Crippen molar-refractivity contribution in [2.75, 3.05) is 19.0 Å². The molecule has 6 rings (SSSR count). The number of hydrogen-bond donors (Lipinski definition) is 1.